The zero-order chi connectivity index (χ0) is 29.1. The van der Waals surface area contributed by atoms with Crippen LogP contribution in [0.2, 0.25) is 0 Å². The number of halogens is 6. The lowest BCUT2D eigenvalue weighted by atomic mass is 9.79. The second-order valence-electron chi connectivity index (χ2n) is 10.1. The molecule has 0 spiro atoms. The van der Waals surface area contributed by atoms with Crippen LogP contribution in [0.1, 0.15) is 58.1 Å². The molecule has 0 bridgehead atoms. The number of alkyl halides is 6. The first kappa shape index (κ1) is 29.3. The molecule has 2 aromatic rings. The molecule has 4 rings (SSSR count). The largest absolute Gasteiger partial charge is 0.406 e. The van der Waals surface area contributed by atoms with Crippen molar-refractivity contribution in [2.75, 3.05) is 18.1 Å². The molecule has 0 radical (unpaired) electrons. The van der Waals surface area contributed by atoms with Crippen LogP contribution in [0, 0.1) is 6.92 Å². The van der Waals surface area contributed by atoms with E-state index < -0.39 is 51.0 Å². The molecule has 2 fully saturated rings. The molecule has 0 aliphatic carbocycles. The van der Waals surface area contributed by atoms with Crippen LogP contribution in [-0.2, 0) is 15.3 Å². The highest BCUT2D eigenvalue weighted by atomic mass is 32.2. The molecule has 0 unspecified atom stereocenters. The summed E-state index contributed by atoms with van der Waals surface area (Å²) in [6.07, 6.45) is -9.79. The van der Waals surface area contributed by atoms with Crippen molar-refractivity contribution in [1.82, 2.24) is 15.2 Å². The van der Waals surface area contributed by atoms with E-state index in [1.807, 2.05) is 6.92 Å². The Morgan fingerprint density at radius 3 is 2.21 bits per heavy atom. The summed E-state index contributed by atoms with van der Waals surface area (Å²) in [5.74, 6) is -1.74. The van der Waals surface area contributed by atoms with E-state index in [-0.39, 0.29) is 51.2 Å². The van der Waals surface area contributed by atoms with Gasteiger partial charge in [-0.3, -0.25) is 9.59 Å². The zero-order valence-electron chi connectivity index (χ0n) is 21.0. The molecule has 1 aromatic carbocycles. The van der Waals surface area contributed by atoms with Crippen molar-refractivity contribution in [2.45, 2.75) is 63.5 Å². The number of rotatable bonds is 5. The minimum absolute atomic E-state index is 0.0245. The van der Waals surface area contributed by atoms with Crippen molar-refractivity contribution in [1.29, 1.82) is 0 Å². The summed E-state index contributed by atoms with van der Waals surface area (Å²) in [5, 5.41) is 2.35. The molecule has 0 saturated carbocycles. The van der Waals surface area contributed by atoms with Crippen molar-refractivity contribution >= 4 is 33.0 Å². The Balaban J connectivity index is 1.77. The monoisotopic (exact) mass is 597 g/mol. The van der Waals surface area contributed by atoms with Crippen molar-refractivity contribution in [3.8, 4) is 10.4 Å². The van der Waals surface area contributed by atoms with Crippen LogP contribution in [0.25, 0.3) is 10.4 Å². The molecule has 2 saturated heterocycles. The summed E-state index contributed by atoms with van der Waals surface area (Å²) in [4.78, 5) is 32.1. The Hall–Kier alpha value is -2.68. The third-order valence-corrected chi connectivity index (χ3v) is 10.2. The van der Waals surface area contributed by atoms with Crippen LogP contribution in [0.15, 0.2) is 18.2 Å². The summed E-state index contributed by atoms with van der Waals surface area (Å²) >= 11 is 0.760. The predicted octanol–water partition coefficient (Wildman–Crippen LogP) is 4.65. The van der Waals surface area contributed by atoms with Crippen LogP contribution in [0.3, 0.4) is 0 Å². The van der Waals surface area contributed by atoms with Crippen LogP contribution in [-0.4, -0.2) is 72.6 Å². The molecule has 214 valence electrons. The fourth-order valence-electron chi connectivity index (χ4n) is 4.73. The van der Waals surface area contributed by atoms with Gasteiger partial charge in [-0.15, -0.1) is 11.3 Å². The lowest BCUT2D eigenvalue weighted by Crippen LogP contribution is -2.52. The summed E-state index contributed by atoms with van der Waals surface area (Å²) in [7, 11) is -3.23. The van der Waals surface area contributed by atoms with Gasteiger partial charge < -0.3 is 10.2 Å². The Morgan fingerprint density at radius 1 is 1.10 bits per heavy atom. The Morgan fingerprint density at radius 2 is 1.72 bits per heavy atom. The molecular weight excluding hydrogens is 572 g/mol. The normalized spacial score (nSPS) is 20.1. The van der Waals surface area contributed by atoms with Crippen molar-refractivity contribution in [2.24, 2.45) is 0 Å². The van der Waals surface area contributed by atoms with E-state index >= 15 is 0 Å². The molecule has 1 aromatic heterocycles. The van der Waals surface area contributed by atoms with E-state index in [1.165, 1.54) is 6.92 Å². The van der Waals surface area contributed by atoms with E-state index in [0.29, 0.717) is 12.6 Å². The number of carbonyl (C=O) groups excluding carboxylic acids is 2. The summed E-state index contributed by atoms with van der Waals surface area (Å²) in [6, 6.07) is 1.80. The molecule has 2 aliphatic heterocycles. The first-order valence-corrected chi connectivity index (χ1v) is 14.6. The van der Waals surface area contributed by atoms with E-state index in [9.17, 15) is 44.3 Å². The van der Waals surface area contributed by atoms with Crippen molar-refractivity contribution in [3.63, 3.8) is 0 Å². The molecule has 7 nitrogen and oxygen atoms in total. The number of nitrogens with one attached hydrogen (secondary N) is 1. The number of nitrogens with zero attached hydrogens (tertiary/aromatic N) is 2. The number of likely N-dealkylation sites (tertiary alicyclic amines) is 1. The third kappa shape index (κ3) is 5.26. The fourth-order valence-corrected chi connectivity index (χ4v) is 7.07. The van der Waals surface area contributed by atoms with Gasteiger partial charge in [0.05, 0.1) is 22.4 Å². The Bertz CT molecular complexity index is 1390. The topological polar surface area (TPSA) is 96.4 Å². The summed E-state index contributed by atoms with van der Waals surface area (Å²) in [5.41, 5.74) is -5.11. The van der Waals surface area contributed by atoms with E-state index in [0.717, 1.165) is 36.3 Å². The van der Waals surface area contributed by atoms with Crippen LogP contribution < -0.4 is 5.32 Å². The van der Waals surface area contributed by atoms with Gasteiger partial charge in [0, 0.05) is 12.6 Å². The highest BCUT2D eigenvalue weighted by molar-refractivity contribution is 7.92. The van der Waals surface area contributed by atoms with Gasteiger partial charge in [-0.1, -0.05) is 18.2 Å². The lowest BCUT2D eigenvalue weighted by molar-refractivity contribution is -0.297. The first-order valence-electron chi connectivity index (χ1n) is 11.9. The predicted molar refractivity (Wildman–Crippen MR) is 131 cm³/mol. The average molecular weight is 598 g/mol. The molecule has 39 heavy (non-hydrogen) atoms. The fraction of sp³-hybridized carbons (Fsp3) is 0.542. The SMILES string of the molecule is Cc1cc(C(C)(C(F)(F)F)C(F)(F)F)ccc1-c1sc(C(=O)NC2CS(=O)(=O)C2)nc1C(=O)N1CCC[C@@H]1C. The van der Waals surface area contributed by atoms with E-state index in [4.69, 9.17) is 0 Å². The summed E-state index contributed by atoms with van der Waals surface area (Å²) in [6.45, 7) is 3.64. The third-order valence-electron chi connectivity index (χ3n) is 7.27. The standard InChI is InChI=1S/C24H25F6N3O4S2/c1-12-9-14(22(3,23(25,26)27)24(28,29)30)6-7-16(12)18-17(21(35)33-8-4-5-13(33)2)32-20(38-18)19(34)31-15-10-39(36,37)11-15/h6-7,9,13,15H,4-5,8,10-11H2,1-3H3,(H,31,34)/t13-/m0/s1. The minimum Gasteiger partial charge on any atom is -0.345 e. The smallest absolute Gasteiger partial charge is 0.345 e. The van der Waals surface area contributed by atoms with Crippen LogP contribution in [0.4, 0.5) is 26.3 Å². The van der Waals surface area contributed by atoms with Crippen molar-refractivity contribution in [3.05, 3.63) is 40.0 Å². The van der Waals surface area contributed by atoms with Crippen LogP contribution in [0.5, 0.6) is 0 Å². The average Bonchev–Trinajstić information content (AvgIpc) is 3.42. The molecule has 2 amide bonds. The highest BCUT2D eigenvalue weighted by Crippen LogP contribution is 2.52. The van der Waals surface area contributed by atoms with Gasteiger partial charge in [-0.05, 0) is 50.3 Å². The molecule has 3 heterocycles. The zero-order valence-corrected chi connectivity index (χ0v) is 22.7. The van der Waals surface area contributed by atoms with Gasteiger partial charge in [-0.25, -0.2) is 13.4 Å². The Labute approximate surface area is 224 Å². The van der Waals surface area contributed by atoms with Gasteiger partial charge in [0.2, 0.25) is 0 Å². The first-order chi connectivity index (χ1) is 17.9. The number of aromatic nitrogens is 1. The molecule has 1 atom stereocenters. The molecule has 15 heteroatoms. The highest BCUT2D eigenvalue weighted by Gasteiger charge is 2.68. The maximum absolute atomic E-state index is 13.6. The number of benzene rings is 1. The van der Waals surface area contributed by atoms with Gasteiger partial charge >= 0.3 is 12.4 Å². The molecule has 2 aliphatic rings. The Kier molecular flexibility index (Phi) is 7.33. The van der Waals surface area contributed by atoms with Gasteiger partial charge in [0.15, 0.2) is 20.3 Å². The summed E-state index contributed by atoms with van der Waals surface area (Å²) < 4.78 is 105. The maximum atomic E-state index is 13.6. The minimum atomic E-state index is -5.63. The van der Waals surface area contributed by atoms with E-state index in [2.05, 4.69) is 10.3 Å². The molecular formula is C24H25F6N3O4S2. The number of thiazole rings is 1. The number of amides is 2. The molecule has 1 N–H and O–H groups in total. The number of aryl methyl sites for hydroxylation is 1. The number of carbonyl (C=O) groups is 2. The number of hydrogen-bond acceptors (Lipinski definition) is 6. The maximum Gasteiger partial charge on any atom is 0.406 e. The second kappa shape index (κ2) is 9.75. The van der Waals surface area contributed by atoms with Crippen LogP contribution >= 0.6 is 11.3 Å². The lowest BCUT2D eigenvalue weighted by Gasteiger charge is -2.34. The van der Waals surface area contributed by atoms with E-state index in [1.54, 1.807) is 4.90 Å². The van der Waals surface area contributed by atoms with Gasteiger partial charge in [0.25, 0.3) is 11.8 Å². The second-order valence-corrected chi connectivity index (χ2v) is 13.2. The quantitative estimate of drug-likeness (QED) is 0.507. The van der Waals surface area contributed by atoms with Gasteiger partial charge in [0.1, 0.15) is 5.69 Å². The number of hydrogen-bond donors (Lipinski definition) is 1. The number of sulfone groups is 1. The van der Waals surface area contributed by atoms with Gasteiger partial charge in [-0.2, -0.15) is 26.3 Å². The van der Waals surface area contributed by atoms with Crippen molar-refractivity contribution < 1.29 is 44.3 Å².